The standard InChI is InChI=1S/C20H31ClN4O2.HI/c1-4-17(25-13-5-6-19(25)26)11-12-23-20(22-3)24-14-15(2)27-18-9-7-16(21)8-10-18;/h7-10,15,17H,4-6,11-14H2,1-3H3,(H2,22,23,24);1H. The maximum Gasteiger partial charge on any atom is 0.222 e. The van der Waals surface area contributed by atoms with Gasteiger partial charge in [-0.05, 0) is 50.5 Å². The molecule has 2 N–H and O–H groups in total. The molecule has 1 aromatic rings. The Balaban J connectivity index is 0.00000392. The number of aliphatic imine (C=N–C) groups is 1. The van der Waals surface area contributed by atoms with Crippen LogP contribution in [0, 0.1) is 0 Å². The minimum absolute atomic E-state index is 0. The van der Waals surface area contributed by atoms with E-state index >= 15 is 0 Å². The number of benzene rings is 1. The van der Waals surface area contributed by atoms with E-state index in [0.717, 1.165) is 44.1 Å². The molecular formula is C20H32ClIN4O2. The minimum Gasteiger partial charge on any atom is -0.489 e. The third kappa shape index (κ3) is 8.03. The SMILES string of the molecule is CCC(CCNC(=NC)NCC(C)Oc1ccc(Cl)cc1)N1CCCC1=O.I. The summed E-state index contributed by atoms with van der Waals surface area (Å²) >= 11 is 5.89. The number of carbonyl (C=O) groups is 1. The number of rotatable bonds is 9. The Kier molecular flexibility index (Phi) is 11.6. The fourth-order valence-electron chi connectivity index (χ4n) is 3.24. The molecule has 1 aliphatic rings. The Labute approximate surface area is 190 Å². The molecule has 0 aliphatic carbocycles. The van der Waals surface area contributed by atoms with Gasteiger partial charge in [-0.3, -0.25) is 9.79 Å². The molecule has 6 nitrogen and oxygen atoms in total. The average Bonchev–Trinajstić information content (AvgIpc) is 3.09. The van der Waals surface area contributed by atoms with Crippen LogP contribution in [0.25, 0.3) is 0 Å². The Morgan fingerprint density at radius 3 is 2.61 bits per heavy atom. The molecular weight excluding hydrogens is 491 g/mol. The molecule has 0 bridgehead atoms. The third-order valence-electron chi connectivity index (χ3n) is 4.72. The van der Waals surface area contributed by atoms with E-state index < -0.39 is 0 Å². The van der Waals surface area contributed by atoms with Gasteiger partial charge in [0.05, 0.1) is 6.54 Å². The van der Waals surface area contributed by atoms with Gasteiger partial charge in [-0.2, -0.15) is 0 Å². The lowest BCUT2D eigenvalue weighted by molar-refractivity contribution is -0.129. The van der Waals surface area contributed by atoms with Crippen LogP contribution in [0.5, 0.6) is 5.75 Å². The van der Waals surface area contributed by atoms with Crippen LogP contribution in [-0.4, -0.2) is 55.6 Å². The lowest BCUT2D eigenvalue weighted by Crippen LogP contribution is -2.44. The number of hydrogen-bond acceptors (Lipinski definition) is 3. The van der Waals surface area contributed by atoms with Crippen LogP contribution in [0.1, 0.15) is 39.5 Å². The average molecular weight is 523 g/mol. The Morgan fingerprint density at radius 2 is 2.04 bits per heavy atom. The van der Waals surface area contributed by atoms with Gasteiger partial charge in [-0.15, -0.1) is 24.0 Å². The van der Waals surface area contributed by atoms with Crippen molar-refractivity contribution in [2.75, 3.05) is 26.7 Å². The summed E-state index contributed by atoms with van der Waals surface area (Å²) in [6.07, 6.45) is 3.55. The maximum atomic E-state index is 11.9. The quantitative estimate of drug-likeness (QED) is 0.295. The van der Waals surface area contributed by atoms with Gasteiger partial charge in [0, 0.05) is 37.6 Å². The topological polar surface area (TPSA) is 66.0 Å². The number of amides is 1. The van der Waals surface area contributed by atoms with Crippen LogP contribution in [0.4, 0.5) is 0 Å². The van der Waals surface area contributed by atoms with Gasteiger partial charge in [0.25, 0.3) is 0 Å². The van der Waals surface area contributed by atoms with Crippen molar-refractivity contribution < 1.29 is 9.53 Å². The first kappa shape index (κ1) is 24.8. The predicted molar refractivity (Wildman–Crippen MR) is 126 cm³/mol. The first-order valence-corrected chi connectivity index (χ1v) is 10.1. The number of halogens is 2. The Hall–Kier alpha value is -1.22. The highest BCUT2D eigenvalue weighted by Gasteiger charge is 2.26. The van der Waals surface area contributed by atoms with E-state index in [-0.39, 0.29) is 36.0 Å². The highest BCUT2D eigenvalue weighted by molar-refractivity contribution is 14.0. The van der Waals surface area contributed by atoms with Crippen molar-refractivity contribution in [2.45, 2.75) is 51.7 Å². The zero-order valence-electron chi connectivity index (χ0n) is 16.9. The molecule has 2 unspecified atom stereocenters. The van der Waals surface area contributed by atoms with E-state index in [2.05, 4.69) is 22.5 Å². The highest BCUT2D eigenvalue weighted by atomic mass is 127. The first-order chi connectivity index (χ1) is 13.0. The predicted octanol–water partition coefficient (Wildman–Crippen LogP) is 3.68. The summed E-state index contributed by atoms with van der Waals surface area (Å²) in [6, 6.07) is 7.64. The number of ether oxygens (including phenoxy) is 1. The van der Waals surface area contributed by atoms with Crippen LogP contribution < -0.4 is 15.4 Å². The van der Waals surface area contributed by atoms with Crippen molar-refractivity contribution in [3.63, 3.8) is 0 Å². The van der Waals surface area contributed by atoms with E-state index in [1.54, 1.807) is 7.05 Å². The Bertz CT molecular complexity index is 627. The minimum atomic E-state index is -0.0182. The molecule has 158 valence electrons. The molecule has 0 spiro atoms. The second-order valence-electron chi connectivity index (χ2n) is 6.80. The lowest BCUT2D eigenvalue weighted by Gasteiger charge is -2.27. The number of nitrogens with zero attached hydrogens (tertiary/aromatic N) is 2. The molecule has 0 saturated carbocycles. The summed E-state index contributed by atoms with van der Waals surface area (Å²) in [7, 11) is 1.75. The van der Waals surface area contributed by atoms with Crippen LogP contribution in [-0.2, 0) is 4.79 Å². The number of carbonyl (C=O) groups excluding carboxylic acids is 1. The molecule has 28 heavy (non-hydrogen) atoms. The molecule has 1 aliphatic heterocycles. The second kappa shape index (κ2) is 13.1. The van der Waals surface area contributed by atoms with E-state index in [1.165, 1.54) is 0 Å². The fraction of sp³-hybridized carbons (Fsp3) is 0.600. The van der Waals surface area contributed by atoms with Gasteiger partial charge >= 0.3 is 0 Å². The van der Waals surface area contributed by atoms with Gasteiger partial charge in [-0.25, -0.2) is 0 Å². The zero-order chi connectivity index (χ0) is 19.6. The van der Waals surface area contributed by atoms with Crippen molar-refractivity contribution >= 4 is 47.4 Å². The third-order valence-corrected chi connectivity index (χ3v) is 4.98. The van der Waals surface area contributed by atoms with Crippen LogP contribution >= 0.6 is 35.6 Å². The highest BCUT2D eigenvalue weighted by Crippen LogP contribution is 2.18. The van der Waals surface area contributed by atoms with E-state index in [4.69, 9.17) is 16.3 Å². The van der Waals surface area contributed by atoms with Crippen molar-refractivity contribution in [2.24, 2.45) is 4.99 Å². The van der Waals surface area contributed by atoms with Crippen molar-refractivity contribution in [3.05, 3.63) is 29.3 Å². The smallest absolute Gasteiger partial charge is 0.222 e. The van der Waals surface area contributed by atoms with Gasteiger partial charge in [-0.1, -0.05) is 18.5 Å². The van der Waals surface area contributed by atoms with Crippen molar-refractivity contribution in [1.29, 1.82) is 0 Å². The number of nitrogens with one attached hydrogen (secondary N) is 2. The monoisotopic (exact) mass is 522 g/mol. The van der Waals surface area contributed by atoms with Gasteiger partial charge in [0.1, 0.15) is 11.9 Å². The lowest BCUT2D eigenvalue weighted by atomic mass is 10.1. The van der Waals surface area contributed by atoms with E-state index in [0.29, 0.717) is 24.0 Å². The van der Waals surface area contributed by atoms with E-state index in [9.17, 15) is 4.79 Å². The van der Waals surface area contributed by atoms with Crippen molar-refractivity contribution in [3.8, 4) is 5.75 Å². The molecule has 2 rings (SSSR count). The van der Waals surface area contributed by atoms with E-state index in [1.807, 2.05) is 36.1 Å². The molecule has 0 radical (unpaired) electrons. The zero-order valence-corrected chi connectivity index (χ0v) is 20.0. The summed E-state index contributed by atoms with van der Waals surface area (Å²) in [5, 5.41) is 7.30. The summed E-state index contributed by atoms with van der Waals surface area (Å²) in [5.74, 6) is 1.82. The maximum absolute atomic E-state index is 11.9. The number of hydrogen-bond donors (Lipinski definition) is 2. The van der Waals surface area contributed by atoms with Gasteiger partial charge in [0.15, 0.2) is 5.96 Å². The van der Waals surface area contributed by atoms with Gasteiger partial charge < -0.3 is 20.3 Å². The van der Waals surface area contributed by atoms with Gasteiger partial charge in [0.2, 0.25) is 5.91 Å². The van der Waals surface area contributed by atoms with Crippen LogP contribution in [0.3, 0.4) is 0 Å². The number of guanidine groups is 1. The molecule has 1 heterocycles. The summed E-state index contributed by atoms with van der Waals surface area (Å²) in [4.78, 5) is 18.2. The van der Waals surface area contributed by atoms with Crippen LogP contribution in [0.2, 0.25) is 5.02 Å². The summed E-state index contributed by atoms with van der Waals surface area (Å²) in [5.41, 5.74) is 0. The van der Waals surface area contributed by atoms with Crippen molar-refractivity contribution in [1.82, 2.24) is 15.5 Å². The molecule has 1 amide bonds. The molecule has 1 saturated heterocycles. The number of likely N-dealkylation sites (tertiary alicyclic amines) is 1. The van der Waals surface area contributed by atoms with Crippen LogP contribution in [0.15, 0.2) is 29.3 Å². The first-order valence-electron chi connectivity index (χ1n) is 9.69. The molecule has 1 aromatic carbocycles. The molecule has 1 fully saturated rings. The fourth-order valence-corrected chi connectivity index (χ4v) is 3.37. The summed E-state index contributed by atoms with van der Waals surface area (Å²) < 4.78 is 5.86. The molecule has 8 heteroatoms. The Morgan fingerprint density at radius 1 is 1.32 bits per heavy atom. The normalized spacial score (nSPS) is 16.4. The molecule has 0 aromatic heterocycles. The second-order valence-corrected chi connectivity index (χ2v) is 7.24. The largest absolute Gasteiger partial charge is 0.489 e. The molecule has 2 atom stereocenters. The summed E-state index contributed by atoms with van der Waals surface area (Å²) in [6.45, 7) is 6.43.